The van der Waals surface area contributed by atoms with E-state index >= 15 is 0 Å². The Hall–Kier alpha value is -3.90. The maximum atomic E-state index is 11.7. The van der Waals surface area contributed by atoms with Gasteiger partial charge < -0.3 is 20.1 Å². The monoisotopic (exact) mass is 462 g/mol. The molecule has 0 aliphatic rings. The summed E-state index contributed by atoms with van der Waals surface area (Å²) in [6.07, 6.45) is 10.4. The van der Waals surface area contributed by atoms with Crippen molar-refractivity contribution in [1.29, 1.82) is 0 Å². The van der Waals surface area contributed by atoms with E-state index < -0.39 is 0 Å². The van der Waals surface area contributed by atoms with Crippen molar-refractivity contribution >= 4 is 11.8 Å². The van der Waals surface area contributed by atoms with Gasteiger partial charge in [-0.1, -0.05) is 11.8 Å². The maximum Gasteiger partial charge on any atom is 0.251 e. The third kappa shape index (κ3) is 6.56. The van der Waals surface area contributed by atoms with E-state index in [4.69, 9.17) is 22.3 Å². The van der Waals surface area contributed by atoms with Gasteiger partial charge in [0.1, 0.15) is 24.7 Å². The molecule has 0 unspecified atom stereocenters. The zero-order chi connectivity index (χ0) is 26.0. The minimum Gasteiger partial charge on any atom is -0.480 e. The Kier molecular flexibility index (Phi) is 10.7. The molecule has 0 fully saturated rings. The highest BCUT2D eigenvalue weighted by atomic mass is 16.5. The maximum absolute atomic E-state index is 11.7. The molecular weight excluding hydrogens is 428 g/mol. The number of aryl methyl sites for hydroxylation is 2. The number of hydrogen-bond acceptors (Lipinski definition) is 4. The Balaban J connectivity index is 0.000000340. The summed E-state index contributed by atoms with van der Waals surface area (Å²) in [4.78, 5) is 23.4. The second-order valence-corrected chi connectivity index (χ2v) is 7.78. The SMILES string of the molecule is C#CCOc1c(C)cc(C(=O)NC)c(C)c1C.C#CCOc1c(C)cc(C(=O)NC)c(C)c1C. The van der Waals surface area contributed by atoms with Crippen LogP contribution in [0.25, 0.3) is 0 Å². The van der Waals surface area contributed by atoms with Crippen LogP contribution in [0, 0.1) is 66.2 Å². The van der Waals surface area contributed by atoms with Crippen molar-refractivity contribution < 1.29 is 19.1 Å². The molecule has 2 amide bonds. The number of nitrogens with one attached hydrogen (secondary N) is 2. The fourth-order valence-corrected chi connectivity index (χ4v) is 3.53. The number of hydrogen-bond donors (Lipinski definition) is 2. The van der Waals surface area contributed by atoms with Crippen molar-refractivity contribution in [3.63, 3.8) is 0 Å². The van der Waals surface area contributed by atoms with Crippen LogP contribution in [0.15, 0.2) is 12.1 Å². The van der Waals surface area contributed by atoms with Crippen LogP contribution in [0.3, 0.4) is 0 Å². The number of ether oxygens (including phenoxy) is 2. The van der Waals surface area contributed by atoms with Crippen LogP contribution in [0.5, 0.6) is 11.5 Å². The normalized spacial score (nSPS) is 9.59. The van der Waals surface area contributed by atoms with Crippen LogP contribution in [0.4, 0.5) is 0 Å². The van der Waals surface area contributed by atoms with Crippen LogP contribution in [0.1, 0.15) is 54.1 Å². The molecule has 2 rings (SSSR count). The van der Waals surface area contributed by atoms with Crippen molar-refractivity contribution in [1.82, 2.24) is 10.6 Å². The van der Waals surface area contributed by atoms with E-state index in [0.717, 1.165) is 44.9 Å². The lowest BCUT2D eigenvalue weighted by Crippen LogP contribution is -2.20. The van der Waals surface area contributed by atoms with E-state index in [1.54, 1.807) is 14.1 Å². The minimum absolute atomic E-state index is 0.0859. The summed E-state index contributed by atoms with van der Waals surface area (Å²) >= 11 is 0. The average Bonchev–Trinajstić information content (AvgIpc) is 2.83. The molecule has 0 aliphatic heterocycles. The van der Waals surface area contributed by atoms with Crippen LogP contribution < -0.4 is 20.1 Å². The molecule has 0 radical (unpaired) electrons. The zero-order valence-electron chi connectivity index (χ0n) is 21.4. The van der Waals surface area contributed by atoms with Crippen LogP contribution >= 0.6 is 0 Å². The summed E-state index contributed by atoms with van der Waals surface area (Å²) in [6, 6.07) is 3.65. The fraction of sp³-hybridized carbons (Fsp3) is 0.357. The van der Waals surface area contributed by atoms with Crippen molar-refractivity contribution in [3.8, 4) is 36.2 Å². The Morgan fingerprint density at radius 3 is 1.29 bits per heavy atom. The predicted molar refractivity (Wildman–Crippen MR) is 137 cm³/mol. The van der Waals surface area contributed by atoms with E-state index in [1.807, 2.05) is 53.7 Å². The van der Waals surface area contributed by atoms with Crippen LogP contribution in [0.2, 0.25) is 0 Å². The standard InChI is InChI=1S/2C14H17NO2/c2*1-6-7-17-13-9(2)8-12(14(16)15-5)10(3)11(13)4/h2*1,8H,7H2,2-5H3,(H,15,16). The molecule has 6 heteroatoms. The van der Waals surface area contributed by atoms with E-state index in [0.29, 0.717) is 11.1 Å². The Labute approximate surface area is 203 Å². The van der Waals surface area contributed by atoms with Crippen LogP contribution in [-0.2, 0) is 0 Å². The van der Waals surface area contributed by atoms with Gasteiger partial charge in [-0.15, -0.1) is 12.8 Å². The molecular formula is C28H34N2O4. The van der Waals surface area contributed by atoms with Crippen molar-refractivity contribution in [2.24, 2.45) is 0 Å². The highest BCUT2D eigenvalue weighted by Crippen LogP contribution is 2.29. The molecule has 0 aliphatic carbocycles. The molecule has 0 heterocycles. The lowest BCUT2D eigenvalue weighted by atomic mass is 9.98. The summed E-state index contributed by atoms with van der Waals surface area (Å²) in [6.45, 7) is 12.0. The second-order valence-electron chi connectivity index (χ2n) is 7.78. The van der Waals surface area contributed by atoms with Crippen molar-refractivity contribution in [2.45, 2.75) is 41.5 Å². The minimum atomic E-state index is -0.0859. The number of rotatable bonds is 6. The number of terminal acetylenes is 2. The third-order valence-corrected chi connectivity index (χ3v) is 5.60. The molecule has 180 valence electrons. The zero-order valence-corrected chi connectivity index (χ0v) is 21.4. The first-order valence-electron chi connectivity index (χ1n) is 10.8. The molecule has 0 spiro atoms. The van der Waals surface area contributed by atoms with Crippen LogP contribution in [-0.4, -0.2) is 39.1 Å². The van der Waals surface area contributed by atoms with Gasteiger partial charge >= 0.3 is 0 Å². The van der Waals surface area contributed by atoms with E-state index in [-0.39, 0.29) is 25.0 Å². The van der Waals surface area contributed by atoms with Crippen molar-refractivity contribution in [2.75, 3.05) is 27.3 Å². The number of benzene rings is 2. The summed E-state index contributed by atoms with van der Waals surface area (Å²) < 4.78 is 11.0. The largest absolute Gasteiger partial charge is 0.480 e. The fourth-order valence-electron chi connectivity index (χ4n) is 3.53. The van der Waals surface area contributed by atoms with Gasteiger partial charge in [0.05, 0.1) is 0 Å². The summed E-state index contributed by atoms with van der Waals surface area (Å²) in [5.41, 5.74) is 6.94. The molecule has 0 saturated heterocycles. The quantitative estimate of drug-likeness (QED) is 0.637. The molecule has 2 aromatic rings. The summed E-state index contributed by atoms with van der Waals surface area (Å²) in [7, 11) is 3.24. The Morgan fingerprint density at radius 2 is 1.03 bits per heavy atom. The van der Waals surface area contributed by atoms with E-state index in [1.165, 1.54) is 0 Å². The molecule has 34 heavy (non-hydrogen) atoms. The van der Waals surface area contributed by atoms with Gasteiger partial charge in [-0.2, -0.15) is 0 Å². The van der Waals surface area contributed by atoms with Gasteiger partial charge in [0.2, 0.25) is 0 Å². The topological polar surface area (TPSA) is 76.7 Å². The van der Waals surface area contributed by atoms with Gasteiger partial charge in [0, 0.05) is 25.2 Å². The first kappa shape index (κ1) is 28.1. The van der Waals surface area contributed by atoms with E-state index in [2.05, 4.69) is 22.5 Å². The first-order chi connectivity index (χ1) is 16.0. The molecule has 0 saturated carbocycles. The van der Waals surface area contributed by atoms with Gasteiger partial charge in [0.25, 0.3) is 11.8 Å². The van der Waals surface area contributed by atoms with E-state index in [9.17, 15) is 9.59 Å². The number of carbonyl (C=O) groups is 2. The summed E-state index contributed by atoms with van der Waals surface area (Å²) in [5, 5.41) is 5.25. The lowest BCUT2D eigenvalue weighted by Gasteiger charge is -2.15. The smallest absolute Gasteiger partial charge is 0.251 e. The average molecular weight is 463 g/mol. The molecule has 2 aromatic carbocycles. The molecule has 0 atom stereocenters. The number of amides is 2. The Morgan fingerprint density at radius 1 is 0.706 bits per heavy atom. The molecule has 0 bridgehead atoms. The number of carbonyl (C=O) groups excluding carboxylic acids is 2. The highest BCUT2D eigenvalue weighted by Gasteiger charge is 2.16. The molecule has 6 nitrogen and oxygen atoms in total. The Bertz CT molecular complexity index is 1060. The van der Waals surface area contributed by atoms with Gasteiger partial charge in [0.15, 0.2) is 0 Å². The predicted octanol–water partition coefficient (Wildman–Crippen LogP) is 3.97. The molecule has 2 N–H and O–H groups in total. The first-order valence-corrected chi connectivity index (χ1v) is 10.8. The van der Waals surface area contributed by atoms with Gasteiger partial charge in [-0.25, -0.2) is 0 Å². The highest BCUT2D eigenvalue weighted by molar-refractivity contribution is 5.97. The van der Waals surface area contributed by atoms with Gasteiger partial charge in [-0.3, -0.25) is 9.59 Å². The van der Waals surface area contributed by atoms with Gasteiger partial charge in [-0.05, 0) is 87.1 Å². The molecule has 0 aromatic heterocycles. The second kappa shape index (κ2) is 13.0. The lowest BCUT2D eigenvalue weighted by molar-refractivity contribution is 0.0954. The third-order valence-electron chi connectivity index (χ3n) is 5.60. The summed E-state index contributed by atoms with van der Waals surface area (Å²) in [5.74, 6) is 6.25. The van der Waals surface area contributed by atoms with Crippen molar-refractivity contribution in [3.05, 3.63) is 56.6 Å².